The van der Waals surface area contributed by atoms with Crippen LogP contribution in [0.3, 0.4) is 0 Å². The lowest BCUT2D eigenvalue weighted by atomic mass is 9.99. The summed E-state index contributed by atoms with van der Waals surface area (Å²) in [6, 6.07) is 31.6. The first kappa shape index (κ1) is 31.2. The molecule has 1 atom stereocenters. The zero-order valence-electron chi connectivity index (χ0n) is 25.3. The molecule has 1 N–H and O–H groups in total. The minimum absolute atomic E-state index is 0.0462. The lowest BCUT2D eigenvalue weighted by molar-refractivity contribution is -0.139. The number of piperazine rings is 1. The Balaban J connectivity index is 1.30. The van der Waals surface area contributed by atoms with Crippen LogP contribution in [0.5, 0.6) is 0 Å². The van der Waals surface area contributed by atoms with Crippen LogP contribution in [0.4, 0.5) is 5.69 Å². The highest BCUT2D eigenvalue weighted by Crippen LogP contribution is 2.29. The molecule has 11 heteroatoms. The maximum Gasteiger partial charge on any atom is 0.277 e. The molecule has 0 bridgehead atoms. The third-order valence-electron chi connectivity index (χ3n) is 8.06. The number of amides is 1. The molecule has 0 spiro atoms. The number of halogens is 1. The van der Waals surface area contributed by atoms with Gasteiger partial charge in [0.2, 0.25) is 11.1 Å². The van der Waals surface area contributed by atoms with Crippen molar-refractivity contribution in [2.24, 2.45) is 10.9 Å². The second-order valence-electron chi connectivity index (χ2n) is 11.5. The van der Waals surface area contributed by atoms with Gasteiger partial charge in [-0.15, -0.1) is 0 Å². The van der Waals surface area contributed by atoms with Gasteiger partial charge >= 0.3 is 0 Å². The predicted octanol–water partition coefficient (Wildman–Crippen LogP) is 6.31. The number of aliphatic imine (C=N–C) groups is 1. The third-order valence-corrected chi connectivity index (χ3v) is 9.94. The van der Waals surface area contributed by atoms with E-state index in [1.807, 2.05) is 86.6 Å². The Labute approximate surface area is 272 Å². The fourth-order valence-electron chi connectivity index (χ4n) is 5.63. The molecule has 1 fully saturated rings. The number of hydrogen-bond donors (Lipinski definition) is 1. The van der Waals surface area contributed by atoms with E-state index in [-0.39, 0.29) is 36.6 Å². The molecular formula is C35H31ClN6O3S. The number of rotatable bonds is 8. The highest BCUT2D eigenvalue weighted by atomic mass is 35.5. The maximum absolute atomic E-state index is 13.7. The molecule has 1 aliphatic rings. The van der Waals surface area contributed by atoms with Gasteiger partial charge in [-0.1, -0.05) is 92.2 Å². The van der Waals surface area contributed by atoms with E-state index in [0.29, 0.717) is 27.3 Å². The molecule has 5 aromatic rings. The molecule has 0 aliphatic carbocycles. The predicted molar refractivity (Wildman–Crippen MR) is 178 cm³/mol. The summed E-state index contributed by atoms with van der Waals surface area (Å²) in [5, 5.41) is 10.2. The number of nitrogens with zero attached hydrogens (tertiary/aromatic N) is 5. The van der Waals surface area contributed by atoms with Crippen LogP contribution >= 0.6 is 11.6 Å². The number of carbonyl (C=O) groups excluding carboxylic acids is 1. The highest BCUT2D eigenvalue weighted by Gasteiger charge is 2.41. The summed E-state index contributed by atoms with van der Waals surface area (Å²) in [5.74, 6) is -0.369. The van der Waals surface area contributed by atoms with Crippen molar-refractivity contribution >= 4 is 50.0 Å². The normalized spacial score (nSPS) is 15.7. The number of H-pyrrole nitrogens is 1. The maximum atomic E-state index is 13.7. The second-order valence-corrected chi connectivity index (χ2v) is 13.8. The first-order valence-corrected chi connectivity index (χ1v) is 16.6. The van der Waals surface area contributed by atoms with E-state index in [2.05, 4.69) is 16.0 Å². The molecule has 1 aliphatic heterocycles. The molecule has 46 heavy (non-hydrogen) atoms. The minimum Gasteiger partial charge on any atom is -0.333 e. The molecule has 1 aromatic heterocycles. The van der Waals surface area contributed by atoms with Gasteiger partial charge in [-0.05, 0) is 41.8 Å². The Kier molecular flexibility index (Phi) is 8.73. The minimum atomic E-state index is -4.09. The zero-order chi connectivity index (χ0) is 32.4. The van der Waals surface area contributed by atoms with Crippen LogP contribution in [0, 0.1) is 17.2 Å². The van der Waals surface area contributed by atoms with Crippen molar-refractivity contribution in [1.82, 2.24) is 19.2 Å². The first-order chi connectivity index (χ1) is 22.1. The third kappa shape index (κ3) is 6.30. The van der Waals surface area contributed by atoms with Crippen molar-refractivity contribution in [2.45, 2.75) is 31.6 Å². The second kappa shape index (κ2) is 12.9. The number of nitrogens with one attached hydrogen (secondary N) is 1. The van der Waals surface area contributed by atoms with Crippen LogP contribution in [0.15, 0.2) is 107 Å². The number of nitriles is 1. The fourth-order valence-corrected chi connectivity index (χ4v) is 7.13. The smallest absolute Gasteiger partial charge is 0.277 e. The lowest BCUT2D eigenvalue weighted by Crippen LogP contribution is -2.59. The van der Waals surface area contributed by atoms with Gasteiger partial charge in [-0.2, -0.15) is 9.57 Å². The molecule has 1 amide bonds. The van der Waals surface area contributed by atoms with Gasteiger partial charge in [-0.3, -0.25) is 4.79 Å². The van der Waals surface area contributed by atoms with E-state index >= 15 is 0 Å². The van der Waals surface area contributed by atoms with Crippen LogP contribution in [-0.2, 0) is 21.4 Å². The topological polar surface area (TPSA) is 123 Å². The zero-order valence-corrected chi connectivity index (χ0v) is 26.8. The van der Waals surface area contributed by atoms with Crippen LogP contribution in [0.25, 0.3) is 11.0 Å². The van der Waals surface area contributed by atoms with Crippen LogP contribution < -0.4 is 0 Å². The van der Waals surface area contributed by atoms with E-state index < -0.39 is 16.1 Å². The number of benzene rings is 4. The monoisotopic (exact) mass is 650 g/mol. The standard InChI is InChI=1S/C35H31ClN6O3S/c1-23(2)32-21-41(46(44,45)35-39-29-16-15-28(36)18-31(29)40-35)22-33(43)42(32)20-24-13-14-27(19-37)30(17-24)38-34(25-9-5-3-6-10-25)26-11-7-4-8-12-26/h3-18,23,32H,20-22H2,1-2H3,(H,39,40)/t32-/m1/s1. The number of sulfonamides is 1. The first-order valence-electron chi connectivity index (χ1n) is 14.8. The number of hydrogen-bond acceptors (Lipinski definition) is 6. The van der Waals surface area contributed by atoms with Gasteiger partial charge in [-0.25, -0.2) is 18.4 Å². The van der Waals surface area contributed by atoms with Crippen molar-refractivity contribution in [3.05, 3.63) is 124 Å². The van der Waals surface area contributed by atoms with Crippen LogP contribution in [-0.4, -0.2) is 58.3 Å². The van der Waals surface area contributed by atoms with Gasteiger partial charge in [0.05, 0.1) is 34.5 Å². The SMILES string of the molecule is CC(C)[C@H]1CN(S(=O)(=O)c2nc3ccc(Cl)cc3[nH]2)CC(=O)N1Cc1ccc(C#N)c(N=C(c2ccccc2)c2ccccc2)c1. The average Bonchev–Trinajstić information content (AvgIpc) is 3.49. The summed E-state index contributed by atoms with van der Waals surface area (Å²) in [5.41, 5.74) is 5.17. The van der Waals surface area contributed by atoms with Crippen LogP contribution in [0.2, 0.25) is 5.02 Å². The van der Waals surface area contributed by atoms with Crippen LogP contribution in [0.1, 0.15) is 36.1 Å². The summed E-state index contributed by atoms with van der Waals surface area (Å²) >= 11 is 6.07. The fraction of sp³-hybridized carbons (Fsp3) is 0.200. The van der Waals surface area contributed by atoms with E-state index in [0.717, 1.165) is 22.4 Å². The van der Waals surface area contributed by atoms with Crippen molar-refractivity contribution in [1.29, 1.82) is 5.26 Å². The Morgan fingerprint density at radius 3 is 2.33 bits per heavy atom. The van der Waals surface area contributed by atoms with Crippen molar-refractivity contribution in [3.8, 4) is 6.07 Å². The average molecular weight is 651 g/mol. The molecule has 9 nitrogen and oxygen atoms in total. The molecule has 0 radical (unpaired) electrons. The number of aromatic amines is 1. The van der Waals surface area contributed by atoms with Gasteiger partial charge in [0.15, 0.2) is 0 Å². The molecule has 0 unspecified atom stereocenters. The summed E-state index contributed by atoms with van der Waals surface area (Å²) in [6.07, 6.45) is 0. The van der Waals surface area contributed by atoms with Crippen molar-refractivity contribution < 1.29 is 13.2 Å². The number of imidazole rings is 1. The van der Waals surface area contributed by atoms with Gasteiger partial charge < -0.3 is 9.88 Å². The number of aromatic nitrogens is 2. The van der Waals surface area contributed by atoms with Crippen molar-refractivity contribution in [2.75, 3.05) is 13.1 Å². The molecule has 6 rings (SSSR count). The van der Waals surface area contributed by atoms with Crippen molar-refractivity contribution in [3.63, 3.8) is 0 Å². The molecule has 4 aromatic carbocycles. The summed E-state index contributed by atoms with van der Waals surface area (Å²) < 4.78 is 28.5. The van der Waals surface area contributed by atoms with E-state index in [9.17, 15) is 18.5 Å². The largest absolute Gasteiger partial charge is 0.333 e. The molecule has 232 valence electrons. The number of fused-ring (bicyclic) bond motifs is 1. The Morgan fingerprint density at radius 1 is 1.02 bits per heavy atom. The van der Waals surface area contributed by atoms with E-state index in [1.54, 1.807) is 29.2 Å². The Bertz CT molecular complexity index is 2050. The van der Waals surface area contributed by atoms with Gasteiger partial charge in [0.1, 0.15) is 6.07 Å². The van der Waals surface area contributed by atoms with E-state index in [1.165, 1.54) is 4.31 Å². The molecule has 2 heterocycles. The van der Waals surface area contributed by atoms with Gasteiger partial charge in [0.25, 0.3) is 10.0 Å². The quantitative estimate of drug-likeness (QED) is 0.197. The molecule has 1 saturated heterocycles. The Hall–Kier alpha value is -4.82. The summed E-state index contributed by atoms with van der Waals surface area (Å²) in [6.45, 7) is 3.95. The van der Waals surface area contributed by atoms with Gasteiger partial charge in [0, 0.05) is 35.3 Å². The Morgan fingerprint density at radius 2 is 1.70 bits per heavy atom. The summed E-state index contributed by atoms with van der Waals surface area (Å²) in [4.78, 5) is 27.5. The molecular weight excluding hydrogens is 620 g/mol. The molecule has 0 saturated carbocycles. The highest BCUT2D eigenvalue weighted by molar-refractivity contribution is 7.89. The number of carbonyl (C=O) groups is 1. The summed E-state index contributed by atoms with van der Waals surface area (Å²) in [7, 11) is -4.09. The lowest BCUT2D eigenvalue weighted by Gasteiger charge is -2.42. The van der Waals surface area contributed by atoms with E-state index in [4.69, 9.17) is 16.6 Å².